The van der Waals surface area contributed by atoms with Crippen LogP contribution in [-0.4, -0.2) is 29.6 Å². The molecule has 168 valence electrons. The van der Waals surface area contributed by atoms with E-state index in [0.29, 0.717) is 22.9 Å². The van der Waals surface area contributed by atoms with Gasteiger partial charge in [-0.3, -0.25) is 5.32 Å². The van der Waals surface area contributed by atoms with Crippen molar-refractivity contribution < 1.29 is 9.84 Å². The van der Waals surface area contributed by atoms with Crippen molar-refractivity contribution in [3.63, 3.8) is 0 Å². The molecule has 0 radical (unpaired) electrons. The Bertz CT molecular complexity index is 739. The van der Waals surface area contributed by atoms with Gasteiger partial charge in [-0.2, -0.15) is 0 Å². The minimum Gasteiger partial charge on any atom is -0.393 e. The van der Waals surface area contributed by atoms with Gasteiger partial charge in [0.2, 0.25) is 0 Å². The summed E-state index contributed by atoms with van der Waals surface area (Å²) >= 11 is 0. The second-order valence-electron chi connectivity index (χ2n) is 12.8. The lowest BCUT2D eigenvalue weighted by Crippen LogP contribution is -2.57. The Labute approximate surface area is 183 Å². The number of allylic oxidation sites excluding steroid dienone is 1. The van der Waals surface area contributed by atoms with Crippen molar-refractivity contribution in [3.05, 3.63) is 11.6 Å². The van der Waals surface area contributed by atoms with E-state index in [2.05, 4.69) is 39.1 Å². The van der Waals surface area contributed by atoms with Crippen LogP contribution in [0.5, 0.6) is 0 Å². The summed E-state index contributed by atoms with van der Waals surface area (Å²) in [5, 5.41) is 14.1. The third-order valence-electron chi connectivity index (χ3n) is 11.6. The van der Waals surface area contributed by atoms with E-state index in [4.69, 9.17) is 4.74 Å². The van der Waals surface area contributed by atoms with Gasteiger partial charge in [0, 0.05) is 12.5 Å². The molecule has 2 heterocycles. The van der Waals surface area contributed by atoms with Gasteiger partial charge in [-0.1, -0.05) is 39.3 Å². The standard InChI is InChI=1S/C27H43NO2/c1-16-7-12-27(28-15-16)17(2)24-23(30-27)14-22-20-6-5-18-13-19(29)8-10-25(18,3)21(20)9-11-26(22,24)4/h5,16-17,19-24,28-29H,6-15H2,1-4H3/t16?,17-,19?,20+,21?,22-,23-,24-,25?,26?,27+/m0/s1. The van der Waals surface area contributed by atoms with Crippen molar-refractivity contribution in [2.75, 3.05) is 6.54 Å². The molecule has 3 nitrogen and oxygen atoms in total. The van der Waals surface area contributed by atoms with Gasteiger partial charge in [0.1, 0.15) is 5.72 Å². The first-order valence-electron chi connectivity index (χ1n) is 13.1. The molecule has 5 unspecified atom stereocenters. The zero-order valence-electron chi connectivity index (χ0n) is 19.6. The molecule has 3 heteroatoms. The van der Waals surface area contributed by atoms with Crippen LogP contribution >= 0.6 is 0 Å². The third kappa shape index (κ3) is 2.55. The Kier molecular flexibility index (Phi) is 4.44. The summed E-state index contributed by atoms with van der Waals surface area (Å²) < 4.78 is 7.00. The molecule has 2 aliphatic heterocycles. The number of rotatable bonds is 0. The van der Waals surface area contributed by atoms with Crippen molar-refractivity contribution in [3.8, 4) is 0 Å². The van der Waals surface area contributed by atoms with Crippen molar-refractivity contribution in [1.29, 1.82) is 0 Å². The lowest BCUT2D eigenvalue weighted by molar-refractivity contribution is -0.115. The molecule has 2 saturated heterocycles. The van der Waals surface area contributed by atoms with Gasteiger partial charge in [-0.15, -0.1) is 0 Å². The van der Waals surface area contributed by atoms with Crippen LogP contribution in [0.1, 0.15) is 85.5 Å². The number of aliphatic hydroxyl groups excluding tert-OH is 1. The zero-order chi connectivity index (χ0) is 20.9. The van der Waals surface area contributed by atoms with Gasteiger partial charge in [0.05, 0.1) is 12.2 Å². The first kappa shape index (κ1) is 20.2. The molecule has 11 atom stereocenters. The average molecular weight is 414 g/mol. The molecule has 1 spiro atoms. The highest BCUT2D eigenvalue weighted by atomic mass is 16.5. The Balaban J connectivity index is 1.28. The van der Waals surface area contributed by atoms with Crippen LogP contribution in [0, 0.1) is 46.3 Å². The third-order valence-corrected chi connectivity index (χ3v) is 11.6. The molecule has 30 heavy (non-hydrogen) atoms. The Morgan fingerprint density at radius 2 is 1.90 bits per heavy atom. The van der Waals surface area contributed by atoms with E-state index >= 15 is 0 Å². The first-order valence-corrected chi connectivity index (χ1v) is 13.1. The summed E-state index contributed by atoms with van der Waals surface area (Å²) in [6.07, 6.45) is 13.8. The number of piperidine rings is 1. The van der Waals surface area contributed by atoms with Gasteiger partial charge in [-0.25, -0.2) is 0 Å². The van der Waals surface area contributed by atoms with E-state index in [9.17, 15) is 5.11 Å². The monoisotopic (exact) mass is 413 g/mol. The smallest absolute Gasteiger partial charge is 0.122 e. The second-order valence-corrected chi connectivity index (χ2v) is 12.8. The number of ether oxygens (including phenoxy) is 1. The Hall–Kier alpha value is -0.380. The van der Waals surface area contributed by atoms with Crippen LogP contribution in [0.2, 0.25) is 0 Å². The summed E-state index contributed by atoms with van der Waals surface area (Å²) in [6.45, 7) is 11.2. The van der Waals surface area contributed by atoms with Crippen molar-refractivity contribution in [2.24, 2.45) is 46.3 Å². The predicted octanol–water partition coefficient (Wildman–Crippen LogP) is 5.29. The number of fused-ring (bicyclic) bond motifs is 7. The molecule has 0 aromatic rings. The zero-order valence-corrected chi connectivity index (χ0v) is 19.6. The molecule has 0 bridgehead atoms. The summed E-state index contributed by atoms with van der Waals surface area (Å²) in [7, 11) is 0. The average Bonchev–Trinajstić information content (AvgIpc) is 3.16. The minimum absolute atomic E-state index is 0.0439. The highest BCUT2D eigenvalue weighted by Gasteiger charge is 2.68. The van der Waals surface area contributed by atoms with Crippen LogP contribution in [0.4, 0.5) is 0 Å². The van der Waals surface area contributed by atoms with E-state index in [1.54, 1.807) is 5.57 Å². The molecular weight excluding hydrogens is 370 g/mol. The Morgan fingerprint density at radius 1 is 1.07 bits per heavy atom. The largest absolute Gasteiger partial charge is 0.393 e. The fourth-order valence-corrected chi connectivity index (χ4v) is 9.84. The number of aliphatic hydroxyl groups is 1. The SMILES string of the molecule is CC1CC[C@@]2(NC1)O[C@H]1C[C@H]3[C@@H]4CC=C5CC(O)CCC5(C)C4CCC3(C)[C@H]1[C@@H]2C. The topological polar surface area (TPSA) is 41.5 Å². The van der Waals surface area contributed by atoms with Gasteiger partial charge in [0.15, 0.2) is 0 Å². The summed E-state index contributed by atoms with van der Waals surface area (Å²) in [5.74, 6) is 4.58. The van der Waals surface area contributed by atoms with E-state index in [-0.39, 0.29) is 11.8 Å². The lowest BCUT2D eigenvalue weighted by Gasteiger charge is -2.58. The van der Waals surface area contributed by atoms with Crippen LogP contribution in [-0.2, 0) is 4.74 Å². The molecular formula is C27H43NO2. The molecule has 0 aromatic heterocycles. The maximum absolute atomic E-state index is 10.3. The molecule has 5 fully saturated rings. The molecule has 0 aromatic carbocycles. The number of hydrogen-bond acceptors (Lipinski definition) is 3. The molecule has 6 rings (SSSR count). The minimum atomic E-state index is -0.100. The van der Waals surface area contributed by atoms with Gasteiger partial charge < -0.3 is 9.84 Å². The maximum atomic E-state index is 10.3. The normalized spacial score (nSPS) is 59.8. The van der Waals surface area contributed by atoms with Crippen LogP contribution < -0.4 is 5.32 Å². The molecule has 6 aliphatic rings. The van der Waals surface area contributed by atoms with Crippen LogP contribution in [0.25, 0.3) is 0 Å². The number of hydrogen-bond donors (Lipinski definition) is 2. The summed E-state index contributed by atoms with van der Waals surface area (Å²) in [4.78, 5) is 0. The maximum Gasteiger partial charge on any atom is 0.122 e. The van der Waals surface area contributed by atoms with Crippen LogP contribution in [0.3, 0.4) is 0 Å². The van der Waals surface area contributed by atoms with E-state index < -0.39 is 0 Å². The number of nitrogens with one attached hydrogen (secondary N) is 1. The van der Waals surface area contributed by atoms with E-state index in [0.717, 1.165) is 49.0 Å². The van der Waals surface area contributed by atoms with Crippen molar-refractivity contribution >= 4 is 0 Å². The fourth-order valence-electron chi connectivity index (χ4n) is 9.84. The Morgan fingerprint density at radius 3 is 2.67 bits per heavy atom. The first-order chi connectivity index (χ1) is 14.3. The molecule has 4 aliphatic carbocycles. The quantitative estimate of drug-likeness (QED) is 0.530. The highest BCUT2D eigenvalue weighted by molar-refractivity contribution is 5.26. The van der Waals surface area contributed by atoms with Gasteiger partial charge in [0.25, 0.3) is 0 Å². The van der Waals surface area contributed by atoms with E-state index in [1.807, 2.05) is 0 Å². The summed E-state index contributed by atoms with van der Waals surface area (Å²) in [6, 6.07) is 0. The molecule has 2 N–H and O–H groups in total. The summed E-state index contributed by atoms with van der Waals surface area (Å²) in [5.41, 5.74) is 2.33. The molecule has 0 amide bonds. The van der Waals surface area contributed by atoms with Crippen molar-refractivity contribution in [1.82, 2.24) is 5.32 Å². The lowest BCUT2D eigenvalue weighted by atomic mass is 9.47. The van der Waals surface area contributed by atoms with E-state index in [1.165, 1.54) is 44.9 Å². The van der Waals surface area contributed by atoms with Gasteiger partial charge >= 0.3 is 0 Å². The van der Waals surface area contributed by atoms with Gasteiger partial charge in [-0.05, 0) is 98.2 Å². The predicted molar refractivity (Wildman–Crippen MR) is 120 cm³/mol. The van der Waals surface area contributed by atoms with Crippen molar-refractivity contribution in [2.45, 2.75) is 103 Å². The van der Waals surface area contributed by atoms with Crippen LogP contribution in [0.15, 0.2) is 11.6 Å². The second kappa shape index (κ2) is 6.58. The molecule has 3 saturated carbocycles. The fraction of sp³-hybridized carbons (Fsp3) is 0.926. The highest BCUT2D eigenvalue weighted by Crippen LogP contribution is 2.70.